The molecule has 1 aliphatic heterocycles. The van der Waals surface area contributed by atoms with Crippen LogP contribution in [0.1, 0.15) is 25.1 Å². The molecule has 0 aliphatic carbocycles. The fourth-order valence-corrected chi connectivity index (χ4v) is 2.49. The standard InChI is InChI=1S/C16H22N6O3/c17-15-20-14(21-22-15)9-18-16(23)19-11-4-6-12(7-5-11)25-10-13-3-1-2-8-24-13/h4-7,13H,1-3,8-10H2,(H2,18,19,23)(H3,17,20,21,22)/t13-/m0/s1. The molecule has 2 amide bonds. The van der Waals surface area contributed by atoms with Gasteiger partial charge in [0.2, 0.25) is 5.95 Å². The number of anilines is 2. The van der Waals surface area contributed by atoms with Gasteiger partial charge < -0.3 is 25.8 Å². The van der Waals surface area contributed by atoms with Crippen LogP contribution in [0.4, 0.5) is 16.4 Å². The van der Waals surface area contributed by atoms with Gasteiger partial charge in [-0.1, -0.05) is 0 Å². The Balaban J connectivity index is 1.41. The summed E-state index contributed by atoms with van der Waals surface area (Å²) in [6.45, 7) is 1.57. The molecule has 9 heteroatoms. The minimum absolute atomic E-state index is 0.145. The molecule has 5 N–H and O–H groups in total. The van der Waals surface area contributed by atoms with Gasteiger partial charge in [-0.15, -0.1) is 5.10 Å². The smallest absolute Gasteiger partial charge is 0.319 e. The van der Waals surface area contributed by atoms with Crippen molar-refractivity contribution in [1.82, 2.24) is 20.5 Å². The van der Waals surface area contributed by atoms with Gasteiger partial charge >= 0.3 is 6.03 Å². The van der Waals surface area contributed by atoms with Crippen LogP contribution in [-0.2, 0) is 11.3 Å². The predicted octanol–water partition coefficient (Wildman–Crippen LogP) is 1.66. The summed E-state index contributed by atoms with van der Waals surface area (Å²) < 4.78 is 11.4. The molecule has 1 aromatic carbocycles. The van der Waals surface area contributed by atoms with Crippen LogP contribution < -0.4 is 21.1 Å². The van der Waals surface area contributed by atoms with E-state index in [4.69, 9.17) is 15.2 Å². The van der Waals surface area contributed by atoms with Crippen LogP contribution in [0.3, 0.4) is 0 Å². The normalized spacial score (nSPS) is 17.0. The summed E-state index contributed by atoms with van der Waals surface area (Å²) in [5.74, 6) is 1.38. The number of hydrogen-bond acceptors (Lipinski definition) is 6. The number of rotatable bonds is 6. The van der Waals surface area contributed by atoms with E-state index in [-0.39, 0.29) is 24.6 Å². The topological polar surface area (TPSA) is 127 Å². The zero-order valence-electron chi connectivity index (χ0n) is 13.8. The van der Waals surface area contributed by atoms with Gasteiger partial charge in [-0.25, -0.2) is 4.79 Å². The number of carbonyl (C=O) groups excluding carboxylic acids is 1. The molecule has 134 valence electrons. The van der Waals surface area contributed by atoms with Crippen LogP contribution in [0, 0.1) is 0 Å². The van der Waals surface area contributed by atoms with Crippen LogP contribution in [0.25, 0.3) is 0 Å². The maximum atomic E-state index is 11.8. The minimum Gasteiger partial charge on any atom is -0.491 e. The van der Waals surface area contributed by atoms with Crippen LogP contribution in [0.15, 0.2) is 24.3 Å². The minimum atomic E-state index is -0.348. The van der Waals surface area contributed by atoms with Crippen molar-refractivity contribution in [3.8, 4) is 5.75 Å². The average Bonchev–Trinajstić information content (AvgIpc) is 3.06. The summed E-state index contributed by atoms with van der Waals surface area (Å²) >= 11 is 0. The summed E-state index contributed by atoms with van der Waals surface area (Å²) in [6.07, 6.45) is 3.52. The Labute approximate surface area is 145 Å². The lowest BCUT2D eigenvalue weighted by molar-refractivity contribution is -0.0110. The van der Waals surface area contributed by atoms with Crippen molar-refractivity contribution < 1.29 is 14.3 Å². The van der Waals surface area contributed by atoms with Gasteiger partial charge in [-0.05, 0) is 43.5 Å². The second-order valence-electron chi connectivity index (χ2n) is 5.77. The van der Waals surface area contributed by atoms with E-state index in [1.54, 1.807) is 12.1 Å². The molecule has 25 heavy (non-hydrogen) atoms. The van der Waals surface area contributed by atoms with Gasteiger partial charge in [0.05, 0.1) is 12.6 Å². The molecule has 1 fully saturated rings. The van der Waals surface area contributed by atoms with Crippen LogP contribution in [0.5, 0.6) is 5.75 Å². The number of benzene rings is 1. The van der Waals surface area contributed by atoms with Gasteiger partial charge in [0.15, 0.2) is 0 Å². The molecule has 1 aliphatic rings. The number of hydrogen-bond donors (Lipinski definition) is 4. The van der Waals surface area contributed by atoms with Crippen LogP contribution in [0.2, 0.25) is 0 Å². The van der Waals surface area contributed by atoms with Crippen molar-refractivity contribution >= 4 is 17.7 Å². The Kier molecular flexibility index (Phi) is 5.68. The van der Waals surface area contributed by atoms with Crippen molar-refractivity contribution in [2.24, 2.45) is 0 Å². The first kappa shape index (κ1) is 17.0. The summed E-state index contributed by atoms with van der Waals surface area (Å²) in [5.41, 5.74) is 6.06. The quantitative estimate of drug-likeness (QED) is 0.630. The number of ether oxygens (including phenoxy) is 2. The molecule has 1 aromatic heterocycles. The third kappa shape index (κ3) is 5.35. The Morgan fingerprint density at radius 2 is 2.20 bits per heavy atom. The molecular formula is C16H22N6O3. The molecule has 0 unspecified atom stereocenters. The van der Waals surface area contributed by atoms with E-state index < -0.39 is 0 Å². The van der Waals surface area contributed by atoms with Crippen molar-refractivity contribution in [3.63, 3.8) is 0 Å². The second kappa shape index (κ2) is 8.34. The number of amides is 2. The highest BCUT2D eigenvalue weighted by atomic mass is 16.5. The fraction of sp³-hybridized carbons (Fsp3) is 0.438. The van der Waals surface area contributed by atoms with E-state index in [0.717, 1.165) is 25.2 Å². The van der Waals surface area contributed by atoms with Gasteiger partial charge in [-0.3, -0.25) is 5.10 Å². The maximum absolute atomic E-state index is 11.8. The number of aromatic nitrogens is 3. The average molecular weight is 346 g/mol. The number of urea groups is 1. The van der Waals surface area contributed by atoms with Crippen molar-refractivity contribution in [2.45, 2.75) is 31.9 Å². The predicted molar refractivity (Wildman–Crippen MR) is 92.2 cm³/mol. The Morgan fingerprint density at radius 1 is 1.36 bits per heavy atom. The summed E-state index contributed by atoms with van der Waals surface area (Å²) in [7, 11) is 0. The Morgan fingerprint density at radius 3 is 2.88 bits per heavy atom. The lowest BCUT2D eigenvalue weighted by atomic mass is 10.1. The first-order valence-corrected chi connectivity index (χ1v) is 8.25. The van der Waals surface area contributed by atoms with Crippen LogP contribution >= 0.6 is 0 Å². The highest BCUT2D eigenvalue weighted by molar-refractivity contribution is 5.89. The van der Waals surface area contributed by atoms with Crippen molar-refractivity contribution in [2.75, 3.05) is 24.3 Å². The lowest BCUT2D eigenvalue weighted by Crippen LogP contribution is -2.28. The molecule has 2 heterocycles. The summed E-state index contributed by atoms with van der Waals surface area (Å²) in [5, 5.41) is 11.7. The molecule has 2 aromatic rings. The summed E-state index contributed by atoms with van der Waals surface area (Å²) in [4.78, 5) is 15.7. The molecule has 9 nitrogen and oxygen atoms in total. The zero-order valence-corrected chi connectivity index (χ0v) is 13.8. The lowest BCUT2D eigenvalue weighted by Gasteiger charge is -2.22. The first-order chi connectivity index (χ1) is 12.2. The molecular weight excluding hydrogens is 324 g/mol. The largest absolute Gasteiger partial charge is 0.491 e. The van der Waals surface area contributed by atoms with E-state index in [2.05, 4.69) is 25.8 Å². The number of carbonyl (C=O) groups is 1. The van der Waals surface area contributed by atoms with E-state index in [1.165, 1.54) is 6.42 Å². The first-order valence-electron chi connectivity index (χ1n) is 8.25. The Bertz CT molecular complexity index is 681. The van der Waals surface area contributed by atoms with Crippen molar-refractivity contribution in [1.29, 1.82) is 0 Å². The van der Waals surface area contributed by atoms with Gasteiger partial charge in [0.1, 0.15) is 18.2 Å². The van der Waals surface area contributed by atoms with Gasteiger partial charge in [-0.2, -0.15) is 4.98 Å². The molecule has 0 radical (unpaired) electrons. The van der Waals surface area contributed by atoms with Crippen molar-refractivity contribution in [3.05, 3.63) is 30.1 Å². The number of nitrogen functional groups attached to an aromatic ring is 1. The number of nitrogens with two attached hydrogens (primary N) is 1. The number of nitrogens with one attached hydrogen (secondary N) is 3. The van der Waals surface area contributed by atoms with E-state index in [9.17, 15) is 4.79 Å². The van der Waals surface area contributed by atoms with Gasteiger partial charge in [0, 0.05) is 12.3 Å². The number of H-pyrrole nitrogens is 1. The molecule has 1 saturated heterocycles. The maximum Gasteiger partial charge on any atom is 0.319 e. The third-order valence-corrected chi connectivity index (χ3v) is 3.79. The monoisotopic (exact) mass is 346 g/mol. The number of aromatic amines is 1. The van der Waals surface area contributed by atoms with E-state index in [1.807, 2.05) is 12.1 Å². The van der Waals surface area contributed by atoms with Crippen LogP contribution in [-0.4, -0.2) is 40.5 Å². The molecule has 1 atom stereocenters. The zero-order chi connectivity index (χ0) is 17.5. The Hall–Kier alpha value is -2.81. The summed E-state index contributed by atoms with van der Waals surface area (Å²) in [6, 6.07) is 6.84. The SMILES string of the molecule is Nc1n[nH]c(CNC(=O)Nc2ccc(OC[C@@H]3CCCCO3)cc2)n1. The number of nitrogens with zero attached hydrogens (tertiary/aromatic N) is 2. The van der Waals surface area contributed by atoms with Gasteiger partial charge in [0.25, 0.3) is 0 Å². The van der Waals surface area contributed by atoms with E-state index in [0.29, 0.717) is 18.1 Å². The highest BCUT2D eigenvalue weighted by Gasteiger charge is 2.14. The second-order valence-corrected chi connectivity index (χ2v) is 5.77. The molecule has 3 rings (SSSR count). The molecule has 0 spiro atoms. The molecule has 0 saturated carbocycles. The van der Waals surface area contributed by atoms with E-state index >= 15 is 0 Å². The fourth-order valence-electron chi connectivity index (χ4n) is 2.49. The third-order valence-electron chi connectivity index (χ3n) is 3.79. The highest BCUT2D eigenvalue weighted by Crippen LogP contribution is 2.18. The molecule has 0 bridgehead atoms.